The van der Waals surface area contributed by atoms with E-state index in [1.54, 1.807) is 10.9 Å². The van der Waals surface area contributed by atoms with Crippen molar-refractivity contribution in [2.75, 3.05) is 20.3 Å². The lowest BCUT2D eigenvalue weighted by Crippen LogP contribution is -2.52. The Balaban J connectivity index is 2.34. The summed E-state index contributed by atoms with van der Waals surface area (Å²) in [5.74, 6) is -4.10. The number of rotatable bonds is 19. The van der Waals surface area contributed by atoms with Gasteiger partial charge < -0.3 is 30.9 Å². The maximum Gasteiger partial charge on any atom is 0.326 e. The molecule has 2 atom stereocenters. The van der Waals surface area contributed by atoms with E-state index >= 15 is 0 Å². The predicted molar refractivity (Wildman–Crippen MR) is 126 cm³/mol. The van der Waals surface area contributed by atoms with Crippen molar-refractivity contribution in [3.63, 3.8) is 0 Å². The Kier molecular flexibility index (Phi) is 14.2. The Morgan fingerprint density at radius 3 is 2.38 bits per heavy atom. The molecule has 37 heavy (non-hydrogen) atoms. The van der Waals surface area contributed by atoms with Crippen LogP contribution < -0.4 is 10.6 Å². The van der Waals surface area contributed by atoms with Gasteiger partial charge >= 0.3 is 23.9 Å². The van der Waals surface area contributed by atoms with E-state index in [4.69, 9.17) is 10.2 Å². The second kappa shape index (κ2) is 16.8. The number of nitrogens with zero attached hydrogens (tertiary/aromatic N) is 4. The van der Waals surface area contributed by atoms with Crippen LogP contribution in [0.15, 0.2) is 6.20 Å². The number of likely N-dealkylation sites (N-methyl/N-ethyl adjacent to an activating group) is 1. The van der Waals surface area contributed by atoms with E-state index in [1.807, 2.05) is 0 Å². The average molecular weight is 531 g/mol. The second-order valence-electron chi connectivity index (χ2n) is 8.45. The van der Waals surface area contributed by atoms with Gasteiger partial charge in [0.15, 0.2) is 0 Å². The molecule has 3 amide bonds. The quantitative estimate of drug-likeness (QED) is 0.158. The second-order valence-corrected chi connectivity index (χ2v) is 8.45. The number of hydrogen-bond donors (Lipinski definition) is 5. The van der Waals surface area contributed by atoms with Crippen molar-refractivity contribution >= 4 is 29.8 Å². The summed E-state index contributed by atoms with van der Waals surface area (Å²) in [6, 6.07) is -3.65. The van der Waals surface area contributed by atoms with Gasteiger partial charge in [0.25, 0.3) is 0 Å². The molecule has 14 nitrogen and oxygen atoms in total. The third-order valence-electron chi connectivity index (χ3n) is 5.49. The number of carbonyl (C=O) groups is 5. The fourth-order valence-corrected chi connectivity index (χ4v) is 3.39. The van der Waals surface area contributed by atoms with E-state index in [0.717, 1.165) is 4.90 Å². The molecule has 0 aliphatic rings. The zero-order valence-corrected chi connectivity index (χ0v) is 20.8. The number of aryl methyl sites for hydroxylation is 2. The lowest BCUT2D eigenvalue weighted by molar-refractivity contribution is -0.142. The number of nitrogens with one attached hydrogen (secondary N) is 2. The smallest absolute Gasteiger partial charge is 0.326 e. The van der Waals surface area contributed by atoms with Crippen molar-refractivity contribution in [2.24, 2.45) is 0 Å². The summed E-state index contributed by atoms with van der Waals surface area (Å²) >= 11 is 0. The Hall–Kier alpha value is -3.78. The molecule has 15 heteroatoms. The van der Waals surface area contributed by atoms with Gasteiger partial charge in [-0.3, -0.25) is 18.7 Å². The molecule has 0 aromatic carbocycles. The number of aromatic nitrogens is 3. The summed E-state index contributed by atoms with van der Waals surface area (Å²) in [4.78, 5) is 58.7. The van der Waals surface area contributed by atoms with E-state index in [0.29, 0.717) is 50.9 Å². The minimum atomic E-state index is -1.47. The summed E-state index contributed by atoms with van der Waals surface area (Å²) in [5.41, 5.74) is 0.699. The number of carboxylic acids is 3. The molecule has 1 aromatic rings. The van der Waals surface area contributed by atoms with Crippen LogP contribution in [-0.2, 0) is 32.1 Å². The maximum atomic E-state index is 12.3. The van der Waals surface area contributed by atoms with E-state index in [1.165, 1.54) is 7.05 Å². The molecule has 1 aromatic heterocycles. The van der Waals surface area contributed by atoms with Gasteiger partial charge in [0, 0.05) is 39.2 Å². The number of alkyl halides is 1. The maximum absolute atomic E-state index is 12.3. The first-order valence-electron chi connectivity index (χ1n) is 12.0. The highest BCUT2D eigenvalue weighted by Crippen LogP contribution is 2.10. The number of unbranched alkanes of at least 4 members (excludes halogenated alkanes) is 1. The molecule has 0 aliphatic heterocycles. The van der Waals surface area contributed by atoms with E-state index in [2.05, 4.69) is 20.9 Å². The largest absolute Gasteiger partial charge is 0.481 e. The lowest BCUT2D eigenvalue weighted by atomic mass is 10.1. The van der Waals surface area contributed by atoms with Gasteiger partial charge in [-0.1, -0.05) is 5.21 Å². The first-order valence-corrected chi connectivity index (χ1v) is 12.0. The van der Waals surface area contributed by atoms with Crippen molar-refractivity contribution in [2.45, 2.75) is 76.4 Å². The Morgan fingerprint density at radius 2 is 1.76 bits per heavy atom. The van der Waals surface area contributed by atoms with Crippen LogP contribution in [0.1, 0.15) is 57.1 Å². The fourth-order valence-electron chi connectivity index (χ4n) is 3.39. The standard InChI is InChI=1S/C22H35FN6O8/c1-28(22(37)25-16(20(33)34)9-10-19(31)32)17(21(35)36)7-2-3-12-24-18(30)8-5-13-29-14-15(26-27-29)6-4-11-23/h14,16-17H,2-13H2,1H3,(H,24,30)(H,25,37)(H,31,32)(H,33,34)(H,35,36). The van der Waals surface area contributed by atoms with Crippen LogP contribution in [0.5, 0.6) is 0 Å². The Morgan fingerprint density at radius 1 is 1.03 bits per heavy atom. The zero-order chi connectivity index (χ0) is 27.8. The number of hydrogen-bond acceptors (Lipinski definition) is 7. The van der Waals surface area contributed by atoms with E-state index in [9.17, 15) is 33.5 Å². The summed E-state index contributed by atoms with van der Waals surface area (Å²) < 4.78 is 13.8. The van der Waals surface area contributed by atoms with Crippen molar-refractivity contribution in [1.29, 1.82) is 0 Å². The topological polar surface area (TPSA) is 204 Å². The van der Waals surface area contributed by atoms with Crippen LogP contribution >= 0.6 is 0 Å². The molecule has 208 valence electrons. The van der Waals surface area contributed by atoms with Gasteiger partial charge in [-0.05, 0) is 44.9 Å². The van der Waals surface area contributed by atoms with E-state index in [-0.39, 0.29) is 25.2 Å². The first kappa shape index (κ1) is 31.3. The van der Waals surface area contributed by atoms with Gasteiger partial charge in [-0.25, -0.2) is 14.4 Å². The Bertz CT molecular complexity index is 911. The molecule has 0 radical (unpaired) electrons. The summed E-state index contributed by atoms with van der Waals surface area (Å²) in [6.45, 7) is 0.386. The highest BCUT2D eigenvalue weighted by atomic mass is 19.1. The monoisotopic (exact) mass is 530 g/mol. The first-order chi connectivity index (χ1) is 17.5. The number of urea groups is 1. The minimum Gasteiger partial charge on any atom is -0.481 e. The highest BCUT2D eigenvalue weighted by Gasteiger charge is 2.29. The van der Waals surface area contributed by atoms with Crippen molar-refractivity contribution < 1.29 is 43.7 Å². The summed E-state index contributed by atoms with van der Waals surface area (Å²) in [7, 11) is 1.21. The summed E-state index contributed by atoms with van der Waals surface area (Å²) in [6.07, 6.45) is 3.49. The molecular weight excluding hydrogens is 495 g/mol. The molecule has 0 bridgehead atoms. The van der Waals surface area contributed by atoms with Crippen molar-refractivity contribution in [3.8, 4) is 0 Å². The molecule has 0 aliphatic carbocycles. The number of halogens is 1. The molecule has 1 heterocycles. The summed E-state index contributed by atoms with van der Waals surface area (Å²) in [5, 5.41) is 40.1. The molecular formula is C22H35FN6O8. The molecule has 0 saturated carbocycles. The van der Waals surface area contributed by atoms with Crippen LogP contribution in [-0.4, -0.2) is 97.4 Å². The Labute approximate surface area is 213 Å². The third kappa shape index (κ3) is 12.7. The number of carbonyl (C=O) groups excluding carboxylic acids is 2. The number of carboxylic acid groups (broad SMARTS) is 3. The number of aliphatic carboxylic acids is 3. The third-order valence-corrected chi connectivity index (χ3v) is 5.49. The molecule has 1 rings (SSSR count). The van der Waals surface area contributed by atoms with Crippen molar-refractivity contribution in [1.82, 2.24) is 30.5 Å². The normalized spacial score (nSPS) is 12.4. The predicted octanol–water partition coefficient (Wildman–Crippen LogP) is 0.660. The van der Waals surface area contributed by atoms with Crippen LogP contribution in [0.2, 0.25) is 0 Å². The molecule has 0 spiro atoms. The van der Waals surface area contributed by atoms with Crippen LogP contribution in [0.3, 0.4) is 0 Å². The number of amides is 3. The fraction of sp³-hybridized carbons (Fsp3) is 0.682. The molecule has 2 unspecified atom stereocenters. The average Bonchev–Trinajstić information content (AvgIpc) is 3.29. The zero-order valence-electron chi connectivity index (χ0n) is 20.8. The van der Waals surface area contributed by atoms with Gasteiger partial charge in [0.05, 0.1) is 12.4 Å². The minimum absolute atomic E-state index is 0.0685. The van der Waals surface area contributed by atoms with Gasteiger partial charge in [0.2, 0.25) is 5.91 Å². The van der Waals surface area contributed by atoms with Crippen LogP contribution in [0.4, 0.5) is 9.18 Å². The van der Waals surface area contributed by atoms with Crippen LogP contribution in [0, 0.1) is 0 Å². The van der Waals surface area contributed by atoms with Crippen LogP contribution in [0.25, 0.3) is 0 Å². The van der Waals surface area contributed by atoms with Gasteiger partial charge in [-0.15, -0.1) is 5.10 Å². The van der Waals surface area contributed by atoms with E-state index < -0.39 is 49.1 Å². The molecule has 0 saturated heterocycles. The van der Waals surface area contributed by atoms with Gasteiger partial charge in [0.1, 0.15) is 12.1 Å². The lowest BCUT2D eigenvalue weighted by Gasteiger charge is -2.26. The van der Waals surface area contributed by atoms with Gasteiger partial charge in [-0.2, -0.15) is 0 Å². The molecule has 0 fully saturated rings. The highest BCUT2D eigenvalue weighted by molar-refractivity contribution is 5.86. The SMILES string of the molecule is CN(C(=O)NC(CCC(=O)O)C(=O)O)C(CCCCNC(=O)CCCn1cc(CCCF)nn1)C(=O)O. The van der Waals surface area contributed by atoms with Crippen molar-refractivity contribution in [3.05, 3.63) is 11.9 Å². The molecule has 5 N–H and O–H groups in total.